The van der Waals surface area contributed by atoms with Gasteiger partial charge in [0, 0.05) is 34.4 Å². The Hall–Kier alpha value is -2.79. The monoisotopic (exact) mass is 397 g/mol. The van der Waals surface area contributed by atoms with Gasteiger partial charge in [-0.05, 0) is 62.6 Å². The Bertz CT molecular complexity index is 1020. The average molecular weight is 398 g/mol. The summed E-state index contributed by atoms with van der Waals surface area (Å²) < 4.78 is 0. The fourth-order valence-corrected chi connectivity index (χ4v) is 3.25. The molecule has 0 atom stereocenters. The van der Waals surface area contributed by atoms with Crippen molar-refractivity contribution in [2.24, 2.45) is 5.41 Å². The van der Waals surface area contributed by atoms with Crippen LogP contribution in [-0.4, -0.2) is 23.3 Å². The normalized spacial score (nSPS) is 11.4. The van der Waals surface area contributed by atoms with Crippen LogP contribution in [0.25, 0.3) is 10.9 Å². The van der Waals surface area contributed by atoms with E-state index in [0.717, 1.165) is 22.0 Å². The predicted molar refractivity (Wildman–Crippen MR) is 114 cm³/mol. The van der Waals surface area contributed by atoms with Gasteiger partial charge < -0.3 is 15.6 Å². The van der Waals surface area contributed by atoms with Gasteiger partial charge in [0.25, 0.3) is 0 Å². The number of halogens is 1. The first-order valence-corrected chi connectivity index (χ1v) is 9.58. The van der Waals surface area contributed by atoms with Gasteiger partial charge in [0.1, 0.15) is 5.41 Å². The second-order valence-corrected chi connectivity index (χ2v) is 7.84. The number of fused-ring (bicyclic) bond motifs is 1. The summed E-state index contributed by atoms with van der Waals surface area (Å²) in [5, 5.41) is 7.45. The third-order valence-corrected chi connectivity index (χ3v) is 5.16. The number of amides is 2. The lowest BCUT2D eigenvalue weighted by atomic mass is 9.90. The standard InChI is InChI=1S/C22H24ClN3O2/c1-14-12-16(23)8-9-18(14)26-21(28)22(2,3)20(27)24-11-10-15-13-25-19-7-5-4-6-17(15)19/h4-9,12-13,25H,10-11H2,1-3H3,(H,24,27)(H,26,28). The third-order valence-electron chi connectivity index (χ3n) is 4.93. The van der Waals surface area contributed by atoms with E-state index in [1.165, 1.54) is 0 Å². The largest absolute Gasteiger partial charge is 0.361 e. The van der Waals surface area contributed by atoms with Crippen molar-refractivity contribution in [1.82, 2.24) is 10.3 Å². The molecule has 1 heterocycles. The maximum absolute atomic E-state index is 12.7. The van der Waals surface area contributed by atoms with Crippen molar-refractivity contribution in [3.8, 4) is 0 Å². The average Bonchev–Trinajstić information content (AvgIpc) is 3.07. The number of hydrogen-bond acceptors (Lipinski definition) is 2. The van der Waals surface area contributed by atoms with Crippen LogP contribution in [0.3, 0.4) is 0 Å². The van der Waals surface area contributed by atoms with Crippen molar-refractivity contribution in [1.29, 1.82) is 0 Å². The smallest absolute Gasteiger partial charge is 0.239 e. The van der Waals surface area contributed by atoms with Crippen LogP contribution >= 0.6 is 11.6 Å². The number of aromatic amines is 1. The Kier molecular flexibility index (Phi) is 5.75. The number of benzene rings is 2. The molecular formula is C22H24ClN3O2. The topological polar surface area (TPSA) is 74.0 Å². The summed E-state index contributed by atoms with van der Waals surface area (Å²) in [6.45, 7) is 5.55. The fourth-order valence-electron chi connectivity index (χ4n) is 3.02. The zero-order valence-electron chi connectivity index (χ0n) is 16.2. The van der Waals surface area contributed by atoms with E-state index in [4.69, 9.17) is 11.6 Å². The first-order valence-electron chi connectivity index (χ1n) is 9.20. The van der Waals surface area contributed by atoms with E-state index >= 15 is 0 Å². The van der Waals surface area contributed by atoms with Gasteiger partial charge in [0.2, 0.25) is 11.8 Å². The molecule has 0 bridgehead atoms. The summed E-state index contributed by atoms with van der Waals surface area (Å²) >= 11 is 5.95. The highest BCUT2D eigenvalue weighted by Gasteiger charge is 2.36. The highest BCUT2D eigenvalue weighted by molar-refractivity contribution is 6.30. The van der Waals surface area contributed by atoms with Crippen molar-refractivity contribution in [2.45, 2.75) is 27.2 Å². The van der Waals surface area contributed by atoms with Crippen LogP contribution in [0.2, 0.25) is 5.02 Å². The fraction of sp³-hybridized carbons (Fsp3) is 0.273. The van der Waals surface area contributed by atoms with Gasteiger partial charge >= 0.3 is 0 Å². The molecule has 3 rings (SSSR count). The molecule has 0 unspecified atom stereocenters. The highest BCUT2D eigenvalue weighted by Crippen LogP contribution is 2.24. The number of para-hydroxylation sites is 1. The van der Waals surface area contributed by atoms with Crippen molar-refractivity contribution >= 4 is 40.0 Å². The molecule has 0 aliphatic carbocycles. The van der Waals surface area contributed by atoms with E-state index in [0.29, 0.717) is 23.7 Å². The van der Waals surface area contributed by atoms with Gasteiger partial charge in [-0.15, -0.1) is 0 Å². The maximum atomic E-state index is 12.7. The van der Waals surface area contributed by atoms with Crippen LogP contribution in [0, 0.1) is 12.3 Å². The third kappa shape index (κ3) is 4.20. The number of carbonyl (C=O) groups is 2. The SMILES string of the molecule is Cc1cc(Cl)ccc1NC(=O)C(C)(C)C(=O)NCCc1c[nH]c2ccccc12. The summed E-state index contributed by atoms with van der Waals surface area (Å²) in [6, 6.07) is 13.3. The van der Waals surface area contributed by atoms with E-state index in [1.807, 2.05) is 31.3 Å². The van der Waals surface area contributed by atoms with Crippen LogP contribution in [-0.2, 0) is 16.0 Å². The minimum absolute atomic E-state index is 0.309. The van der Waals surface area contributed by atoms with Crippen LogP contribution < -0.4 is 10.6 Å². The second kappa shape index (κ2) is 8.07. The van der Waals surface area contributed by atoms with Gasteiger partial charge in [-0.25, -0.2) is 0 Å². The Morgan fingerprint density at radius 2 is 1.86 bits per heavy atom. The summed E-state index contributed by atoms with van der Waals surface area (Å²) in [5.41, 5.74) is 2.49. The minimum Gasteiger partial charge on any atom is -0.361 e. The lowest BCUT2D eigenvalue weighted by Crippen LogP contribution is -2.45. The summed E-state index contributed by atoms with van der Waals surface area (Å²) in [5.74, 6) is -0.668. The van der Waals surface area contributed by atoms with Gasteiger partial charge in [-0.2, -0.15) is 0 Å². The van der Waals surface area contributed by atoms with Crippen molar-refractivity contribution in [3.05, 3.63) is 64.8 Å². The molecule has 0 saturated heterocycles. The van der Waals surface area contributed by atoms with Crippen LogP contribution in [0.1, 0.15) is 25.0 Å². The first kappa shape index (κ1) is 20.0. The lowest BCUT2D eigenvalue weighted by Gasteiger charge is -2.23. The van der Waals surface area contributed by atoms with Gasteiger partial charge in [0.05, 0.1) is 0 Å². The minimum atomic E-state index is -1.20. The van der Waals surface area contributed by atoms with Crippen molar-refractivity contribution in [2.75, 3.05) is 11.9 Å². The Morgan fingerprint density at radius 1 is 1.11 bits per heavy atom. The zero-order valence-corrected chi connectivity index (χ0v) is 17.0. The molecule has 5 nitrogen and oxygen atoms in total. The highest BCUT2D eigenvalue weighted by atomic mass is 35.5. The number of nitrogens with one attached hydrogen (secondary N) is 3. The second-order valence-electron chi connectivity index (χ2n) is 7.40. The van der Waals surface area contributed by atoms with Crippen LogP contribution in [0.15, 0.2) is 48.7 Å². The van der Waals surface area contributed by atoms with Crippen LogP contribution in [0.4, 0.5) is 5.69 Å². The maximum Gasteiger partial charge on any atom is 0.239 e. The molecular weight excluding hydrogens is 374 g/mol. The van der Waals surface area contributed by atoms with Gasteiger partial charge in [-0.3, -0.25) is 9.59 Å². The summed E-state index contributed by atoms with van der Waals surface area (Å²) in [4.78, 5) is 28.5. The van der Waals surface area contributed by atoms with E-state index in [2.05, 4.69) is 21.7 Å². The molecule has 2 aromatic carbocycles. The summed E-state index contributed by atoms with van der Waals surface area (Å²) in [7, 11) is 0. The molecule has 0 saturated carbocycles. The Labute approximate surface area is 169 Å². The molecule has 28 heavy (non-hydrogen) atoms. The Balaban J connectivity index is 1.59. The predicted octanol–water partition coefficient (Wildman–Crippen LogP) is 4.45. The molecule has 0 spiro atoms. The number of carbonyl (C=O) groups excluding carboxylic acids is 2. The van der Waals surface area contributed by atoms with Crippen LogP contribution in [0.5, 0.6) is 0 Å². The van der Waals surface area contributed by atoms with E-state index < -0.39 is 5.41 Å². The summed E-state index contributed by atoms with van der Waals surface area (Å²) in [6.07, 6.45) is 2.64. The van der Waals surface area contributed by atoms with Gasteiger partial charge in [0.15, 0.2) is 0 Å². The molecule has 2 amide bonds. The molecule has 0 fully saturated rings. The molecule has 0 radical (unpaired) electrons. The van der Waals surface area contributed by atoms with Crippen molar-refractivity contribution in [3.63, 3.8) is 0 Å². The number of rotatable bonds is 6. The molecule has 1 aromatic heterocycles. The molecule has 0 aliphatic heterocycles. The number of aryl methyl sites for hydroxylation is 1. The number of anilines is 1. The first-order chi connectivity index (χ1) is 13.3. The number of aromatic nitrogens is 1. The quantitative estimate of drug-likeness (QED) is 0.537. The molecule has 3 N–H and O–H groups in total. The van der Waals surface area contributed by atoms with Gasteiger partial charge in [-0.1, -0.05) is 29.8 Å². The van der Waals surface area contributed by atoms with E-state index in [1.54, 1.807) is 32.0 Å². The number of H-pyrrole nitrogens is 1. The Morgan fingerprint density at radius 3 is 2.61 bits per heavy atom. The van der Waals surface area contributed by atoms with E-state index in [-0.39, 0.29) is 11.8 Å². The number of hydrogen-bond donors (Lipinski definition) is 3. The zero-order chi connectivity index (χ0) is 20.3. The molecule has 0 aliphatic rings. The molecule has 3 aromatic rings. The van der Waals surface area contributed by atoms with E-state index in [9.17, 15) is 9.59 Å². The lowest BCUT2D eigenvalue weighted by molar-refractivity contribution is -0.138. The molecule has 146 valence electrons. The van der Waals surface area contributed by atoms with Crippen molar-refractivity contribution < 1.29 is 9.59 Å². The molecule has 6 heteroatoms.